The third kappa shape index (κ3) is 6.16. The van der Waals surface area contributed by atoms with Gasteiger partial charge in [0.25, 0.3) is 0 Å². The Balaban J connectivity index is 3.21. The van der Waals surface area contributed by atoms with Crippen molar-refractivity contribution in [3.8, 4) is 0 Å². The molecule has 5 heteroatoms. The second-order valence-corrected chi connectivity index (χ2v) is 27.7. The molecule has 0 radical (unpaired) electrons. The molecule has 1 aliphatic rings. The molecule has 0 aromatic heterocycles. The van der Waals surface area contributed by atoms with Crippen LogP contribution >= 0.6 is 0 Å². The summed E-state index contributed by atoms with van der Waals surface area (Å²) in [5, 5.41) is 0. The van der Waals surface area contributed by atoms with Crippen molar-refractivity contribution in [2.75, 3.05) is 0 Å². The fourth-order valence-corrected chi connectivity index (χ4v) is 23.4. The van der Waals surface area contributed by atoms with Crippen LogP contribution in [0.25, 0.3) is 0 Å². The Labute approximate surface area is 147 Å². The molecule has 0 N–H and O–H groups in total. The minimum absolute atomic E-state index is 0.0368. The summed E-state index contributed by atoms with van der Waals surface area (Å²) in [5.74, 6) is 0.0368. The number of carbonyl (C=O) groups excluding carboxylic acids is 1. The molecule has 1 fully saturated rings. The Morgan fingerprint density at radius 1 is 1.09 bits per heavy atom. The molecule has 0 aromatic carbocycles. The molecule has 0 bridgehead atoms. The maximum Gasteiger partial charge on any atom is 0.312 e. The van der Waals surface area contributed by atoms with Gasteiger partial charge in [-0.05, 0) is 38.4 Å². The average Bonchev–Trinajstić information content (AvgIpc) is 2.20. The molecule has 1 aliphatic heterocycles. The zero-order chi connectivity index (χ0) is 18.3. The van der Waals surface area contributed by atoms with Crippen LogP contribution in [0.5, 0.6) is 0 Å². The number of hydrogen-bond acceptors (Lipinski definition) is 2. The molecule has 1 heterocycles. The molecule has 136 valence electrons. The van der Waals surface area contributed by atoms with E-state index in [1.165, 1.54) is 17.8 Å². The molecule has 0 saturated carbocycles. The zero-order valence-corrected chi connectivity index (χ0v) is 20.4. The second-order valence-electron chi connectivity index (χ2n) is 11.4. The molecule has 0 atom stereocenters. The van der Waals surface area contributed by atoms with Gasteiger partial charge in [-0.15, -0.1) is 0 Å². The zero-order valence-electron chi connectivity index (χ0n) is 17.4. The minimum atomic E-state index is -1.31. The monoisotopic (exact) mass is 372 g/mol. The molecule has 1 saturated heterocycles. The van der Waals surface area contributed by atoms with Crippen molar-refractivity contribution in [1.29, 1.82) is 0 Å². The Bertz CT molecular complexity index is 426. The highest BCUT2D eigenvalue weighted by molar-refractivity contribution is 6.97. The van der Waals surface area contributed by atoms with E-state index in [2.05, 4.69) is 52.8 Å². The van der Waals surface area contributed by atoms with Gasteiger partial charge in [0.2, 0.25) is 0 Å². The smallest absolute Gasteiger partial charge is 0.312 e. The first-order chi connectivity index (χ1) is 10.0. The number of ether oxygens (including phenoxy) is 1. The summed E-state index contributed by atoms with van der Waals surface area (Å²) in [6, 6.07) is 3.48. The van der Waals surface area contributed by atoms with Crippen molar-refractivity contribution in [1.82, 2.24) is 0 Å². The van der Waals surface area contributed by atoms with Gasteiger partial charge in [0.15, 0.2) is 0 Å². The van der Waals surface area contributed by atoms with Crippen LogP contribution in [-0.2, 0) is 9.53 Å². The number of hydrogen-bond donors (Lipinski definition) is 0. The summed E-state index contributed by atoms with van der Waals surface area (Å²) in [7, 11) is -3.89. The van der Waals surface area contributed by atoms with E-state index < -0.39 is 24.2 Å². The second kappa shape index (κ2) is 6.45. The van der Waals surface area contributed by atoms with Crippen LogP contribution in [0.4, 0.5) is 0 Å². The lowest BCUT2D eigenvalue weighted by Crippen LogP contribution is -2.59. The Kier molecular flexibility index (Phi) is 5.93. The van der Waals surface area contributed by atoms with Crippen molar-refractivity contribution in [3.05, 3.63) is 0 Å². The molecular weight excluding hydrogens is 332 g/mol. The lowest BCUT2D eigenvalue weighted by Gasteiger charge is -2.52. The summed E-state index contributed by atoms with van der Waals surface area (Å²) < 4.78 is 6.45. The topological polar surface area (TPSA) is 26.3 Å². The van der Waals surface area contributed by atoms with E-state index in [4.69, 9.17) is 4.74 Å². The van der Waals surface area contributed by atoms with Gasteiger partial charge in [-0.1, -0.05) is 58.4 Å². The van der Waals surface area contributed by atoms with E-state index in [-0.39, 0.29) is 17.0 Å². The van der Waals surface area contributed by atoms with Gasteiger partial charge < -0.3 is 4.74 Å². The lowest BCUT2D eigenvalue weighted by molar-refractivity contribution is -0.166. The van der Waals surface area contributed by atoms with Crippen molar-refractivity contribution < 1.29 is 9.53 Å². The van der Waals surface area contributed by atoms with Crippen LogP contribution in [0.2, 0.25) is 69.6 Å². The summed E-state index contributed by atoms with van der Waals surface area (Å²) in [6.45, 7) is 23.5. The van der Waals surface area contributed by atoms with Crippen molar-refractivity contribution in [2.24, 2.45) is 5.41 Å². The Hall–Kier alpha value is 0.121. The highest BCUT2D eigenvalue weighted by Gasteiger charge is 2.53. The third-order valence-corrected chi connectivity index (χ3v) is 17.7. The molecule has 0 aromatic rings. The van der Waals surface area contributed by atoms with Gasteiger partial charge in [-0.2, -0.15) is 0 Å². The summed E-state index contributed by atoms with van der Waals surface area (Å²) in [4.78, 5) is 12.9. The normalized spacial score (nSPS) is 23.4. The van der Waals surface area contributed by atoms with Gasteiger partial charge in [-0.25, -0.2) is 0 Å². The van der Waals surface area contributed by atoms with Gasteiger partial charge in [0.05, 0.1) is 5.41 Å². The lowest BCUT2D eigenvalue weighted by atomic mass is 9.90. The van der Waals surface area contributed by atoms with E-state index in [1.807, 2.05) is 13.8 Å². The number of rotatable bonds is 5. The predicted molar refractivity (Wildman–Crippen MR) is 110 cm³/mol. The van der Waals surface area contributed by atoms with Crippen molar-refractivity contribution in [2.45, 2.75) is 102 Å². The van der Waals surface area contributed by atoms with Crippen LogP contribution in [0.15, 0.2) is 0 Å². The Morgan fingerprint density at radius 3 is 1.87 bits per heavy atom. The molecular formula is C18H40O2Si3. The molecule has 0 spiro atoms. The standard InChI is InChI=1S/C18H40O2Si3/c1-11-17(2,3)16(19)20-18(12-21(4,5)6)13-22(7,8)15-23(9,10)14-18/h11-15H2,1-10H3. The molecule has 23 heavy (non-hydrogen) atoms. The largest absolute Gasteiger partial charge is 0.460 e. The van der Waals surface area contributed by atoms with Crippen molar-refractivity contribution >= 4 is 30.2 Å². The van der Waals surface area contributed by atoms with Crippen LogP contribution in [0.3, 0.4) is 0 Å². The van der Waals surface area contributed by atoms with E-state index in [0.29, 0.717) is 0 Å². The van der Waals surface area contributed by atoms with E-state index in [0.717, 1.165) is 12.5 Å². The first kappa shape index (κ1) is 21.2. The molecule has 0 unspecified atom stereocenters. The minimum Gasteiger partial charge on any atom is -0.460 e. The first-order valence-electron chi connectivity index (χ1n) is 9.25. The van der Waals surface area contributed by atoms with Gasteiger partial charge in [0.1, 0.15) is 5.60 Å². The van der Waals surface area contributed by atoms with Crippen LogP contribution < -0.4 is 0 Å². The molecule has 0 amide bonds. The highest BCUT2D eigenvalue weighted by atomic mass is 28.4. The average molecular weight is 373 g/mol. The van der Waals surface area contributed by atoms with Gasteiger partial charge in [-0.3, -0.25) is 4.79 Å². The SMILES string of the molecule is CCC(C)(C)C(=O)OC1(C[Si](C)(C)C)C[Si](C)(C)C[Si](C)(C)C1. The maximum atomic E-state index is 12.9. The fourth-order valence-electron chi connectivity index (χ4n) is 4.91. The number of esters is 1. The number of carbonyl (C=O) groups is 1. The van der Waals surface area contributed by atoms with Crippen molar-refractivity contribution in [3.63, 3.8) is 0 Å². The summed E-state index contributed by atoms with van der Waals surface area (Å²) in [6.07, 6.45) is 0.844. The molecule has 1 rings (SSSR count). The quantitative estimate of drug-likeness (QED) is 0.436. The van der Waals surface area contributed by atoms with E-state index in [9.17, 15) is 4.79 Å². The maximum absolute atomic E-state index is 12.9. The Morgan fingerprint density at radius 2 is 1.52 bits per heavy atom. The molecule has 2 nitrogen and oxygen atoms in total. The van der Waals surface area contributed by atoms with Gasteiger partial charge in [0, 0.05) is 24.2 Å². The third-order valence-electron chi connectivity index (χ3n) is 5.16. The fraction of sp³-hybridized carbons (Fsp3) is 0.944. The van der Waals surface area contributed by atoms with Gasteiger partial charge >= 0.3 is 5.97 Å². The highest BCUT2D eigenvalue weighted by Crippen LogP contribution is 2.48. The van der Waals surface area contributed by atoms with E-state index >= 15 is 0 Å². The van der Waals surface area contributed by atoms with Crippen LogP contribution in [-0.4, -0.2) is 35.8 Å². The van der Waals surface area contributed by atoms with E-state index in [1.54, 1.807) is 0 Å². The first-order valence-corrected chi connectivity index (χ1v) is 19.8. The summed E-state index contributed by atoms with van der Waals surface area (Å²) >= 11 is 0. The van der Waals surface area contributed by atoms with Crippen LogP contribution in [0, 0.1) is 5.41 Å². The molecule has 0 aliphatic carbocycles. The predicted octanol–water partition coefficient (Wildman–Crippen LogP) is 6.01. The summed E-state index contributed by atoms with van der Waals surface area (Å²) in [5.41, 5.74) is 0.959. The van der Waals surface area contributed by atoms with Crippen LogP contribution in [0.1, 0.15) is 27.2 Å².